The molecule has 0 aromatic carbocycles. The van der Waals surface area contributed by atoms with Gasteiger partial charge in [0.05, 0.1) is 0 Å². The first-order valence-electron chi connectivity index (χ1n) is 6.80. The van der Waals surface area contributed by atoms with Crippen molar-refractivity contribution in [2.75, 3.05) is 25.0 Å². The number of hydrogen-bond donors (Lipinski definition) is 2. The summed E-state index contributed by atoms with van der Waals surface area (Å²) in [6.07, 6.45) is 5.12. The van der Waals surface area contributed by atoms with Gasteiger partial charge in [0.2, 0.25) is 0 Å². The van der Waals surface area contributed by atoms with Crippen LogP contribution >= 0.6 is 0 Å². The normalized spacial score (nSPS) is 20.2. The minimum Gasteiger partial charge on any atom is -0.368 e. The topological polar surface area (TPSA) is 84.1 Å². The van der Waals surface area contributed by atoms with Crippen molar-refractivity contribution < 1.29 is 4.79 Å². The average molecular weight is 263 g/mol. The maximum absolute atomic E-state index is 11.1. The van der Waals surface area contributed by atoms with Gasteiger partial charge in [-0.25, -0.2) is 9.97 Å². The number of carbonyl (C=O) groups is 1. The first-order chi connectivity index (χ1) is 9.20. The molecule has 1 atom stereocenters. The molecule has 3 N–H and O–H groups in total. The first-order valence-corrected chi connectivity index (χ1v) is 6.80. The van der Waals surface area contributed by atoms with Crippen molar-refractivity contribution >= 4 is 11.7 Å². The van der Waals surface area contributed by atoms with E-state index in [-0.39, 0.29) is 5.69 Å². The molecule has 0 bridgehead atoms. The highest BCUT2D eigenvalue weighted by Gasteiger charge is 2.20. The number of hydrogen-bond acceptors (Lipinski definition) is 5. The van der Waals surface area contributed by atoms with E-state index in [4.69, 9.17) is 5.73 Å². The Morgan fingerprint density at radius 1 is 1.53 bits per heavy atom. The van der Waals surface area contributed by atoms with Gasteiger partial charge in [-0.2, -0.15) is 0 Å². The van der Waals surface area contributed by atoms with E-state index >= 15 is 0 Å². The number of carbonyl (C=O) groups excluding carboxylic acids is 1. The number of piperidine rings is 1. The molecule has 0 radical (unpaired) electrons. The molecule has 0 saturated carbocycles. The Kier molecular flexibility index (Phi) is 4.68. The molecule has 1 aromatic heterocycles. The molecule has 2 heterocycles. The van der Waals surface area contributed by atoms with Crippen LogP contribution in [0.2, 0.25) is 0 Å². The van der Waals surface area contributed by atoms with E-state index in [0.717, 1.165) is 13.1 Å². The van der Waals surface area contributed by atoms with E-state index in [1.807, 2.05) is 0 Å². The van der Waals surface area contributed by atoms with E-state index < -0.39 is 5.91 Å². The Morgan fingerprint density at radius 3 is 3.11 bits per heavy atom. The molecule has 1 saturated heterocycles. The molecule has 1 amide bonds. The largest absolute Gasteiger partial charge is 0.368 e. The lowest BCUT2D eigenvalue weighted by Crippen LogP contribution is -2.43. The highest BCUT2D eigenvalue weighted by Crippen LogP contribution is 2.17. The van der Waals surface area contributed by atoms with Crippen molar-refractivity contribution in [2.45, 2.75) is 32.2 Å². The van der Waals surface area contributed by atoms with Crippen LogP contribution in [0.5, 0.6) is 0 Å². The van der Waals surface area contributed by atoms with Crippen molar-refractivity contribution in [1.82, 2.24) is 14.9 Å². The summed E-state index contributed by atoms with van der Waals surface area (Å²) in [4.78, 5) is 21.5. The van der Waals surface area contributed by atoms with Crippen molar-refractivity contribution in [3.8, 4) is 0 Å². The molecule has 1 aliphatic rings. The number of rotatable bonds is 5. The average Bonchev–Trinajstić information content (AvgIpc) is 2.45. The summed E-state index contributed by atoms with van der Waals surface area (Å²) in [5.74, 6) is 0.128. The van der Waals surface area contributed by atoms with Crippen LogP contribution in [-0.4, -0.2) is 46.5 Å². The number of primary amides is 1. The highest BCUT2D eigenvalue weighted by molar-refractivity contribution is 5.91. The smallest absolute Gasteiger partial charge is 0.267 e. The number of likely N-dealkylation sites (tertiary alicyclic amines) is 1. The maximum atomic E-state index is 11.1. The lowest BCUT2D eigenvalue weighted by molar-refractivity contribution is 0.0995. The van der Waals surface area contributed by atoms with Gasteiger partial charge in [-0.3, -0.25) is 9.69 Å². The monoisotopic (exact) mass is 263 g/mol. The van der Waals surface area contributed by atoms with Gasteiger partial charge in [-0.1, -0.05) is 13.3 Å². The molecule has 1 fully saturated rings. The van der Waals surface area contributed by atoms with Gasteiger partial charge in [0, 0.05) is 18.7 Å². The van der Waals surface area contributed by atoms with Crippen LogP contribution in [0.15, 0.2) is 12.4 Å². The molecule has 0 spiro atoms. The summed E-state index contributed by atoms with van der Waals surface area (Å²) in [5, 5.41) is 3.27. The van der Waals surface area contributed by atoms with Crippen LogP contribution in [0.25, 0.3) is 0 Å². The summed E-state index contributed by atoms with van der Waals surface area (Å²) < 4.78 is 0. The molecule has 0 aliphatic carbocycles. The fourth-order valence-electron chi connectivity index (χ4n) is 2.52. The second-order valence-corrected chi connectivity index (χ2v) is 4.81. The molecule has 1 unspecified atom stereocenters. The van der Waals surface area contributed by atoms with Crippen LogP contribution in [0.1, 0.15) is 36.7 Å². The first kappa shape index (κ1) is 13.7. The highest BCUT2D eigenvalue weighted by atomic mass is 16.1. The molecule has 1 aromatic rings. The number of amides is 1. The summed E-state index contributed by atoms with van der Waals surface area (Å²) >= 11 is 0. The van der Waals surface area contributed by atoms with Crippen LogP contribution in [-0.2, 0) is 0 Å². The number of anilines is 1. The summed E-state index contributed by atoms with van der Waals surface area (Å²) in [7, 11) is 0. The summed E-state index contributed by atoms with van der Waals surface area (Å²) in [6.45, 7) is 5.26. The van der Waals surface area contributed by atoms with Crippen molar-refractivity contribution in [3.05, 3.63) is 18.1 Å². The van der Waals surface area contributed by atoms with Gasteiger partial charge in [-0.15, -0.1) is 0 Å². The zero-order valence-corrected chi connectivity index (χ0v) is 11.3. The van der Waals surface area contributed by atoms with E-state index in [1.54, 1.807) is 6.07 Å². The van der Waals surface area contributed by atoms with Crippen LogP contribution < -0.4 is 11.1 Å². The standard InChI is InChI=1S/C13H21N5O/c1-2-18-6-4-3-5-10(18)8-15-12-7-11(13(14)19)16-9-17-12/h7,9-10H,2-6,8H2,1H3,(H2,14,19)(H,15,16,17). The fourth-order valence-corrected chi connectivity index (χ4v) is 2.52. The Morgan fingerprint density at radius 2 is 2.37 bits per heavy atom. The zero-order valence-electron chi connectivity index (χ0n) is 11.3. The maximum Gasteiger partial charge on any atom is 0.267 e. The van der Waals surface area contributed by atoms with Gasteiger partial charge in [0.15, 0.2) is 0 Å². The quantitative estimate of drug-likeness (QED) is 0.823. The van der Waals surface area contributed by atoms with Crippen molar-refractivity contribution in [2.24, 2.45) is 5.73 Å². The predicted molar refractivity (Wildman–Crippen MR) is 73.9 cm³/mol. The predicted octanol–water partition coefficient (Wildman–Crippen LogP) is 0.862. The van der Waals surface area contributed by atoms with Crippen molar-refractivity contribution in [1.29, 1.82) is 0 Å². The minimum absolute atomic E-state index is 0.244. The molecule has 1 aliphatic heterocycles. The lowest BCUT2D eigenvalue weighted by atomic mass is 10.0. The molecular weight excluding hydrogens is 242 g/mol. The third kappa shape index (κ3) is 3.64. The van der Waals surface area contributed by atoms with Crippen LogP contribution in [0.3, 0.4) is 0 Å². The number of aromatic nitrogens is 2. The lowest BCUT2D eigenvalue weighted by Gasteiger charge is -2.35. The minimum atomic E-state index is -0.529. The van der Waals surface area contributed by atoms with Gasteiger partial charge in [0.1, 0.15) is 17.8 Å². The number of nitrogens with one attached hydrogen (secondary N) is 1. The summed E-state index contributed by atoms with van der Waals surface area (Å²) in [5.41, 5.74) is 5.44. The van der Waals surface area contributed by atoms with Crippen LogP contribution in [0.4, 0.5) is 5.82 Å². The second-order valence-electron chi connectivity index (χ2n) is 4.81. The Labute approximate surface area is 113 Å². The van der Waals surface area contributed by atoms with Crippen LogP contribution in [0, 0.1) is 0 Å². The Balaban J connectivity index is 1.94. The number of likely N-dealkylation sites (N-methyl/N-ethyl adjacent to an activating group) is 1. The van der Waals surface area contributed by atoms with Gasteiger partial charge in [0.25, 0.3) is 5.91 Å². The number of nitrogens with zero attached hydrogens (tertiary/aromatic N) is 3. The Hall–Kier alpha value is -1.69. The third-order valence-corrected chi connectivity index (χ3v) is 3.59. The molecule has 6 nitrogen and oxygen atoms in total. The summed E-state index contributed by atoms with van der Waals surface area (Å²) in [6, 6.07) is 2.13. The molecule has 19 heavy (non-hydrogen) atoms. The zero-order chi connectivity index (χ0) is 13.7. The molecule has 104 valence electrons. The van der Waals surface area contributed by atoms with Crippen molar-refractivity contribution in [3.63, 3.8) is 0 Å². The number of nitrogens with two attached hydrogens (primary N) is 1. The van der Waals surface area contributed by atoms with E-state index in [0.29, 0.717) is 11.9 Å². The van der Waals surface area contributed by atoms with E-state index in [1.165, 1.54) is 32.1 Å². The van der Waals surface area contributed by atoms with E-state index in [2.05, 4.69) is 27.1 Å². The van der Waals surface area contributed by atoms with Gasteiger partial charge in [-0.05, 0) is 25.9 Å². The molecule has 6 heteroatoms. The SMILES string of the molecule is CCN1CCCCC1CNc1cc(C(N)=O)ncn1. The molecular formula is C13H21N5O. The van der Waals surface area contributed by atoms with Gasteiger partial charge >= 0.3 is 0 Å². The second kappa shape index (κ2) is 6.47. The third-order valence-electron chi connectivity index (χ3n) is 3.59. The van der Waals surface area contributed by atoms with E-state index in [9.17, 15) is 4.79 Å². The van der Waals surface area contributed by atoms with Gasteiger partial charge < -0.3 is 11.1 Å². The fraction of sp³-hybridized carbons (Fsp3) is 0.615. The Bertz CT molecular complexity index is 437. The molecule has 2 rings (SSSR count).